The predicted molar refractivity (Wildman–Crippen MR) is 70.6 cm³/mol. The van der Waals surface area contributed by atoms with Crippen LogP contribution in [0.5, 0.6) is 0 Å². The van der Waals surface area contributed by atoms with Crippen molar-refractivity contribution in [2.24, 2.45) is 0 Å². The van der Waals surface area contributed by atoms with Gasteiger partial charge in [0.05, 0.1) is 13.2 Å². The van der Waals surface area contributed by atoms with Crippen molar-refractivity contribution < 1.29 is 13.9 Å². The van der Waals surface area contributed by atoms with Crippen LogP contribution in [0.25, 0.3) is 11.4 Å². The molecule has 1 fully saturated rings. The molecule has 2 aromatic rings. The number of rotatable bonds is 3. The second-order valence-electron chi connectivity index (χ2n) is 4.64. The normalized spacial score (nSPS) is 15.2. The van der Waals surface area contributed by atoms with Crippen LogP contribution in [0, 0.1) is 5.82 Å². The number of carbonyl (C=O) groups is 1. The Morgan fingerprint density at radius 2 is 1.95 bits per heavy atom. The van der Waals surface area contributed by atoms with Gasteiger partial charge in [0, 0.05) is 18.7 Å². The van der Waals surface area contributed by atoms with Gasteiger partial charge in [-0.25, -0.2) is 4.39 Å². The van der Waals surface area contributed by atoms with Crippen LogP contribution in [0.1, 0.15) is 0 Å². The van der Waals surface area contributed by atoms with Crippen LogP contribution in [0.4, 0.5) is 4.39 Å². The molecule has 0 bridgehead atoms. The molecule has 1 amide bonds. The zero-order valence-electron chi connectivity index (χ0n) is 11.3. The smallest absolute Gasteiger partial charge is 0.246 e. The minimum absolute atomic E-state index is 0.0359. The quantitative estimate of drug-likeness (QED) is 0.815. The first-order valence-electron chi connectivity index (χ1n) is 6.61. The summed E-state index contributed by atoms with van der Waals surface area (Å²) in [4.78, 5) is 15.0. The Labute approximate surface area is 120 Å². The monoisotopic (exact) mass is 291 g/mol. The van der Waals surface area contributed by atoms with Gasteiger partial charge in [0.2, 0.25) is 11.7 Å². The molecule has 0 atom stereocenters. The van der Waals surface area contributed by atoms with Gasteiger partial charge in [-0.15, -0.1) is 10.2 Å². The van der Waals surface area contributed by atoms with E-state index in [0.717, 1.165) is 0 Å². The summed E-state index contributed by atoms with van der Waals surface area (Å²) in [5.74, 6) is -0.0280. The number of carbonyl (C=O) groups excluding carboxylic acids is 1. The van der Waals surface area contributed by atoms with E-state index in [0.29, 0.717) is 37.7 Å². The van der Waals surface area contributed by atoms with Gasteiger partial charge >= 0.3 is 0 Å². The summed E-state index contributed by atoms with van der Waals surface area (Å²) >= 11 is 0. The summed E-state index contributed by atoms with van der Waals surface area (Å²) in [5, 5.41) is 11.9. The van der Waals surface area contributed by atoms with Crippen molar-refractivity contribution >= 4 is 5.91 Å². The number of hydrogen-bond donors (Lipinski definition) is 0. The van der Waals surface area contributed by atoms with Gasteiger partial charge in [-0.3, -0.25) is 4.79 Å². The Hall–Kier alpha value is -2.35. The van der Waals surface area contributed by atoms with Crippen molar-refractivity contribution in [1.82, 2.24) is 25.1 Å². The molecule has 3 rings (SSSR count). The van der Waals surface area contributed by atoms with E-state index in [1.54, 1.807) is 17.0 Å². The average Bonchev–Trinajstić information content (AvgIpc) is 2.97. The number of morpholine rings is 1. The summed E-state index contributed by atoms with van der Waals surface area (Å²) in [6.45, 7) is 2.31. The number of aromatic nitrogens is 4. The number of tetrazole rings is 1. The third-order valence-electron chi connectivity index (χ3n) is 3.20. The fraction of sp³-hybridized carbons (Fsp3) is 0.385. The van der Waals surface area contributed by atoms with Crippen LogP contribution >= 0.6 is 0 Å². The molecule has 1 aliphatic heterocycles. The number of amides is 1. The Bertz CT molecular complexity index is 622. The predicted octanol–water partition coefficient (Wildman–Crippen LogP) is 0.338. The minimum Gasteiger partial charge on any atom is -0.378 e. The molecule has 2 heterocycles. The van der Waals surface area contributed by atoms with Crippen LogP contribution in [-0.4, -0.2) is 57.3 Å². The van der Waals surface area contributed by atoms with Crippen molar-refractivity contribution in [3.05, 3.63) is 30.1 Å². The summed E-state index contributed by atoms with van der Waals surface area (Å²) in [7, 11) is 0. The first-order valence-corrected chi connectivity index (χ1v) is 6.61. The summed E-state index contributed by atoms with van der Waals surface area (Å²) in [6.07, 6.45) is 0. The van der Waals surface area contributed by atoms with E-state index >= 15 is 0 Å². The molecule has 1 aromatic heterocycles. The molecule has 1 saturated heterocycles. The number of nitrogens with zero attached hydrogens (tertiary/aromatic N) is 5. The van der Waals surface area contributed by atoms with Gasteiger partial charge in [-0.2, -0.15) is 4.80 Å². The maximum Gasteiger partial charge on any atom is 0.246 e. The molecule has 0 radical (unpaired) electrons. The largest absolute Gasteiger partial charge is 0.378 e. The number of halogens is 1. The summed E-state index contributed by atoms with van der Waals surface area (Å²) < 4.78 is 18.1. The van der Waals surface area contributed by atoms with Crippen LogP contribution in [-0.2, 0) is 16.1 Å². The lowest BCUT2D eigenvalue weighted by molar-refractivity contribution is -0.136. The number of ether oxygens (including phenoxy) is 1. The topological polar surface area (TPSA) is 73.1 Å². The molecule has 0 unspecified atom stereocenters. The molecule has 0 spiro atoms. The molecule has 1 aliphatic rings. The Morgan fingerprint density at radius 1 is 1.24 bits per heavy atom. The highest BCUT2D eigenvalue weighted by Gasteiger charge is 2.18. The van der Waals surface area contributed by atoms with Gasteiger partial charge in [-0.1, -0.05) is 0 Å². The van der Waals surface area contributed by atoms with Crippen LogP contribution in [0.3, 0.4) is 0 Å². The standard InChI is InChI=1S/C13H14FN5O2/c14-11-3-1-10(2-4-11)13-15-17-19(16-13)9-12(20)18-5-7-21-8-6-18/h1-4H,5-9H2. The maximum absolute atomic E-state index is 12.9. The van der Waals surface area contributed by atoms with Crippen molar-refractivity contribution in [3.8, 4) is 11.4 Å². The van der Waals surface area contributed by atoms with E-state index in [1.807, 2.05) is 0 Å². The van der Waals surface area contributed by atoms with Crippen molar-refractivity contribution in [3.63, 3.8) is 0 Å². The molecule has 0 aliphatic carbocycles. The van der Waals surface area contributed by atoms with Gasteiger partial charge < -0.3 is 9.64 Å². The lowest BCUT2D eigenvalue weighted by atomic mass is 10.2. The molecule has 8 heteroatoms. The van der Waals surface area contributed by atoms with Crippen LogP contribution in [0.2, 0.25) is 0 Å². The van der Waals surface area contributed by atoms with Gasteiger partial charge in [0.15, 0.2) is 0 Å². The molecule has 21 heavy (non-hydrogen) atoms. The van der Waals surface area contributed by atoms with Crippen molar-refractivity contribution in [2.75, 3.05) is 26.3 Å². The maximum atomic E-state index is 12.9. The fourth-order valence-electron chi connectivity index (χ4n) is 2.06. The lowest BCUT2D eigenvalue weighted by Gasteiger charge is -2.26. The zero-order valence-corrected chi connectivity index (χ0v) is 11.3. The fourth-order valence-corrected chi connectivity index (χ4v) is 2.06. The van der Waals surface area contributed by atoms with Gasteiger partial charge in [0.25, 0.3) is 0 Å². The minimum atomic E-state index is -0.325. The number of hydrogen-bond acceptors (Lipinski definition) is 5. The molecule has 0 saturated carbocycles. The van der Waals surface area contributed by atoms with E-state index in [-0.39, 0.29) is 18.3 Å². The Kier molecular flexibility index (Phi) is 3.87. The van der Waals surface area contributed by atoms with E-state index in [4.69, 9.17) is 4.74 Å². The van der Waals surface area contributed by atoms with Crippen molar-refractivity contribution in [1.29, 1.82) is 0 Å². The highest BCUT2D eigenvalue weighted by molar-refractivity contribution is 5.75. The van der Waals surface area contributed by atoms with Gasteiger partial charge in [0.1, 0.15) is 12.4 Å². The van der Waals surface area contributed by atoms with E-state index in [1.165, 1.54) is 16.9 Å². The van der Waals surface area contributed by atoms with Gasteiger partial charge in [-0.05, 0) is 29.5 Å². The van der Waals surface area contributed by atoms with Crippen LogP contribution in [0.15, 0.2) is 24.3 Å². The van der Waals surface area contributed by atoms with E-state index in [2.05, 4.69) is 15.4 Å². The Balaban J connectivity index is 1.67. The third-order valence-corrected chi connectivity index (χ3v) is 3.20. The second-order valence-corrected chi connectivity index (χ2v) is 4.64. The first-order chi connectivity index (χ1) is 10.2. The second kappa shape index (κ2) is 5.96. The highest BCUT2D eigenvalue weighted by atomic mass is 19.1. The molecule has 7 nitrogen and oxygen atoms in total. The molecule has 0 N–H and O–H groups in total. The lowest BCUT2D eigenvalue weighted by Crippen LogP contribution is -2.42. The van der Waals surface area contributed by atoms with E-state index in [9.17, 15) is 9.18 Å². The number of benzene rings is 1. The average molecular weight is 291 g/mol. The molecular weight excluding hydrogens is 277 g/mol. The van der Waals surface area contributed by atoms with E-state index < -0.39 is 0 Å². The SMILES string of the molecule is O=C(Cn1nnc(-c2ccc(F)cc2)n1)N1CCOCC1. The third kappa shape index (κ3) is 3.22. The van der Waals surface area contributed by atoms with Crippen molar-refractivity contribution in [2.45, 2.75) is 6.54 Å². The zero-order chi connectivity index (χ0) is 14.7. The summed E-state index contributed by atoms with van der Waals surface area (Å²) in [6, 6.07) is 5.80. The Morgan fingerprint density at radius 3 is 2.67 bits per heavy atom. The molecular formula is C13H14FN5O2. The van der Waals surface area contributed by atoms with Crippen LogP contribution < -0.4 is 0 Å². The first kappa shape index (κ1) is 13.6. The molecule has 1 aromatic carbocycles. The highest BCUT2D eigenvalue weighted by Crippen LogP contribution is 2.13. The summed E-state index contributed by atoms with van der Waals surface area (Å²) in [5.41, 5.74) is 0.654. The molecule has 110 valence electrons.